The normalized spacial score (nSPS) is 11.8. The van der Waals surface area contributed by atoms with Crippen LogP contribution in [0.25, 0.3) is 22.0 Å². The van der Waals surface area contributed by atoms with Crippen LogP contribution in [-0.4, -0.2) is 21.8 Å². The molecule has 0 aliphatic heterocycles. The van der Waals surface area contributed by atoms with Gasteiger partial charge in [-0.15, -0.1) is 0 Å². The maximum Gasteiger partial charge on any atom is 0.251 e. The highest BCUT2D eigenvalue weighted by Gasteiger charge is 2.22. The van der Waals surface area contributed by atoms with E-state index < -0.39 is 23.6 Å². The van der Waals surface area contributed by atoms with E-state index in [1.165, 1.54) is 30.3 Å². The minimum Gasteiger partial charge on any atom is -0.366 e. The lowest BCUT2D eigenvalue weighted by molar-refractivity contribution is -0.121. The molecule has 2 amide bonds. The van der Waals surface area contributed by atoms with Crippen LogP contribution in [0.1, 0.15) is 34.6 Å². The molecule has 0 saturated carbocycles. The number of para-hydroxylation sites is 1. The lowest BCUT2D eigenvalue weighted by Gasteiger charge is -2.22. The molecule has 1 atom stereocenters. The van der Waals surface area contributed by atoms with Crippen molar-refractivity contribution in [2.24, 2.45) is 5.73 Å². The number of hydrogen-bond donors (Lipinski definition) is 3. The second kappa shape index (κ2) is 11.3. The number of hydrogen-bond acceptors (Lipinski definition) is 4. The lowest BCUT2D eigenvalue weighted by atomic mass is 9.94. The van der Waals surface area contributed by atoms with Gasteiger partial charge in [0.15, 0.2) is 0 Å². The van der Waals surface area contributed by atoms with Gasteiger partial charge in [0.05, 0.1) is 23.7 Å². The molecule has 40 heavy (non-hydrogen) atoms. The predicted octanol–water partition coefficient (Wildman–Crippen LogP) is 4.86. The largest absolute Gasteiger partial charge is 0.366 e. The number of halogens is 2. The van der Waals surface area contributed by atoms with E-state index in [0.717, 1.165) is 11.5 Å². The number of carbonyl (C=O) groups excluding carboxylic acids is 2. The molecule has 0 fully saturated rings. The van der Waals surface area contributed by atoms with E-state index in [9.17, 15) is 23.2 Å². The van der Waals surface area contributed by atoms with Gasteiger partial charge in [-0.25, -0.2) is 8.78 Å². The van der Waals surface area contributed by atoms with Gasteiger partial charge >= 0.3 is 0 Å². The molecular formula is C31H26F2N4O3. The van der Waals surface area contributed by atoms with Gasteiger partial charge in [0, 0.05) is 30.2 Å². The number of H-pyrrole nitrogens is 1. The summed E-state index contributed by atoms with van der Waals surface area (Å²) in [6.45, 7) is 0. The maximum atomic E-state index is 14.2. The molecule has 0 unspecified atom stereocenters. The van der Waals surface area contributed by atoms with Gasteiger partial charge in [-0.2, -0.15) is 0 Å². The summed E-state index contributed by atoms with van der Waals surface area (Å²) in [4.78, 5) is 44.7. The van der Waals surface area contributed by atoms with Crippen LogP contribution in [0, 0.1) is 11.6 Å². The van der Waals surface area contributed by atoms with Crippen LogP contribution in [0.5, 0.6) is 0 Å². The Morgan fingerprint density at radius 1 is 0.975 bits per heavy atom. The number of aromatic nitrogens is 2. The second-order valence-electron chi connectivity index (χ2n) is 9.33. The molecular weight excluding hydrogens is 514 g/mol. The summed E-state index contributed by atoms with van der Waals surface area (Å²) in [5.41, 5.74) is 7.95. The Morgan fingerprint density at radius 3 is 2.60 bits per heavy atom. The first-order chi connectivity index (χ1) is 19.3. The Kier molecular flexibility index (Phi) is 7.46. The smallest absolute Gasteiger partial charge is 0.251 e. The van der Waals surface area contributed by atoms with Gasteiger partial charge in [0.25, 0.3) is 5.91 Å². The molecule has 9 heteroatoms. The van der Waals surface area contributed by atoms with Crippen molar-refractivity contribution in [3.63, 3.8) is 0 Å². The molecule has 5 aromatic rings. The molecule has 5 rings (SSSR count). The Bertz CT molecular complexity index is 1810. The van der Waals surface area contributed by atoms with E-state index in [1.807, 2.05) is 12.1 Å². The molecule has 2 heterocycles. The number of amides is 2. The number of carbonyl (C=O) groups is 2. The van der Waals surface area contributed by atoms with Gasteiger partial charge in [-0.3, -0.25) is 19.4 Å². The summed E-state index contributed by atoms with van der Waals surface area (Å²) in [5, 5.41) is 3.73. The van der Waals surface area contributed by atoms with E-state index in [2.05, 4.69) is 15.3 Å². The van der Waals surface area contributed by atoms with Crippen LogP contribution in [-0.2, 0) is 17.6 Å². The van der Waals surface area contributed by atoms with Gasteiger partial charge in [-0.1, -0.05) is 42.5 Å². The molecule has 0 spiro atoms. The number of nitrogens with two attached hydrogens (primary N) is 1. The summed E-state index contributed by atoms with van der Waals surface area (Å²) in [6.07, 6.45) is 1.65. The van der Waals surface area contributed by atoms with Crippen LogP contribution < -0.4 is 16.6 Å². The average Bonchev–Trinajstić information content (AvgIpc) is 2.93. The van der Waals surface area contributed by atoms with Crippen molar-refractivity contribution in [3.05, 3.63) is 135 Å². The topological polar surface area (TPSA) is 118 Å². The number of benzene rings is 3. The SMILES string of the molecule is NC(=O)c1cc(-c2cccnc2[C@H](Cc2cccc(F)c2)NC(=O)Cc2cc(=O)[nH]c3ccccc23)ccc1F.[HH]. The van der Waals surface area contributed by atoms with Crippen molar-refractivity contribution in [2.75, 3.05) is 0 Å². The molecule has 4 N–H and O–H groups in total. The summed E-state index contributed by atoms with van der Waals surface area (Å²) in [5.74, 6) is -2.48. The molecule has 2 aromatic heterocycles. The van der Waals surface area contributed by atoms with E-state index in [4.69, 9.17) is 5.73 Å². The molecule has 0 aliphatic rings. The van der Waals surface area contributed by atoms with Crippen molar-refractivity contribution >= 4 is 22.7 Å². The van der Waals surface area contributed by atoms with E-state index >= 15 is 0 Å². The molecule has 7 nitrogen and oxygen atoms in total. The third-order valence-corrected chi connectivity index (χ3v) is 6.56. The zero-order chi connectivity index (χ0) is 28.2. The number of nitrogens with zero attached hydrogens (tertiary/aromatic N) is 1. The summed E-state index contributed by atoms with van der Waals surface area (Å²) in [6, 6.07) is 21.2. The van der Waals surface area contributed by atoms with Crippen molar-refractivity contribution < 1.29 is 19.8 Å². The highest BCUT2D eigenvalue weighted by Crippen LogP contribution is 2.30. The van der Waals surface area contributed by atoms with E-state index in [1.54, 1.807) is 42.6 Å². The number of fused-ring (bicyclic) bond motifs is 1. The Balaban J connectivity index is 0.00000387. The highest BCUT2D eigenvalue weighted by molar-refractivity contribution is 5.94. The monoisotopic (exact) mass is 540 g/mol. The molecule has 0 saturated heterocycles. The predicted molar refractivity (Wildman–Crippen MR) is 150 cm³/mol. The first kappa shape index (κ1) is 26.4. The summed E-state index contributed by atoms with van der Waals surface area (Å²) in [7, 11) is 0. The highest BCUT2D eigenvalue weighted by atomic mass is 19.1. The number of aromatic amines is 1. The Labute approximate surface area is 229 Å². The second-order valence-corrected chi connectivity index (χ2v) is 9.33. The van der Waals surface area contributed by atoms with Crippen LogP contribution in [0.15, 0.2) is 95.9 Å². The van der Waals surface area contributed by atoms with E-state index in [-0.39, 0.29) is 31.3 Å². The third-order valence-electron chi connectivity index (χ3n) is 6.56. The standard InChI is InChI=1S/C31H24F2N4O3.H2/c32-21-6-3-5-18(13-21)14-27(37-29(39)17-20-16-28(38)36-26-9-2-1-7-22(20)26)30-23(8-4-12-35-30)19-10-11-25(33)24(15-19)31(34)40;/h1-13,15-16,27H,14,17H2,(H2,34,40)(H,36,38)(H,37,39);1H/t27-;/m0./s1. The van der Waals surface area contributed by atoms with Crippen molar-refractivity contribution in [3.8, 4) is 11.1 Å². The first-order valence-electron chi connectivity index (χ1n) is 12.5. The number of rotatable bonds is 8. The van der Waals surface area contributed by atoms with Crippen LogP contribution in [0.2, 0.25) is 0 Å². The molecule has 3 aromatic carbocycles. The van der Waals surface area contributed by atoms with Crippen LogP contribution >= 0.6 is 0 Å². The Hall–Kier alpha value is -5.18. The fourth-order valence-corrected chi connectivity index (χ4v) is 4.78. The minimum atomic E-state index is -0.917. The van der Waals surface area contributed by atoms with Gasteiger partial charge in [0.2, 0.25) is 11.5 Å². The molecule has 0 bridgehead atoms. The van der Waals surface area contributed by atoms with Crippen LogP contribution in [0.4, 0.5) is 8.78 Å². The molecule has 202 valence electrons. The fraction of sp³-hybridized carbons (Fsp3) is 0.0968. The van der Waals surface area contributed by atoms with Crippen molar-refractivity contribution in [1.29, 1.82) is 0 Å². The quantitative estimate of drug-likeness (QED) is 0.261. The van der Waals surface area contributed by atoms with Crippen molar-refractivity contribution in [2.45, 2.75) is 18.9 Å². The zero-order valence-electron chi connectivity index (χ0n) is 21.2. The average molecular weight is 541 g/mol. The Morgan fingerprint density at radius 2 is 1.80 bits per heavy atom. The molecule has 0 radical (unpaired) electrons. The first-order valence-corrected chi connectivity index (χ1v) is 12.5. The number of primary amides is 1. The third kappa shape index (κ3) is 5.78. The fourth-order valence-electron chi connectivity index (χ4n) is 4.78. The maximum absolute atomic E-state index is 14.2. The number of nitrogens with one attached hydrogen (secondary N) is 2. The van der Waals surface area contributed by atoms with Crippen LogP contribution in [0.3, 0.4) is 0 Å². The van der Waals surface area contributed by atoms with Gasteiger partial charge in [0.1, 0.15) is 11.6 Å². The van der Waals surface area contributed by atoms with Crippen molar-refractivity contribution in [1.82, 2.24) is 15.3 Å². The van der Waals surface area contributed by atoms with E-state index in [0.29, 0.717) is 33.5 Å². The minimum absolute atomic E-state index is 0. The van der Waals surface area contributed by atoms with Gasteiger partial charge < -0.3 is 16.0 Å². The van der Waals surface area contributed by atoms with Gasteiger partial charge in [-0.05, 0) is 59.5 Å². The lowest BCUT2D eigenvalue weighted by Crippen LogP contribution is -2.32. The summed E-state index contributed by atoms with van der Waals surface area (Å²) >= 11 is 0. The molecule has 0 aliphatic carbocycles. The summed E-state index contributed by atoms with van der Waals surface area (Å²) < 4.78 is 28.2. The zero-order valence-corrected chi connectivity index (χ0v) is 21.2. The number of pyridine rings is 2.